The number of aliphatic carboxylic acids is 1. The summed E-state index contributed by atoms with van der Waals surface area (Å²) in [6, 6.07) is -1.18. The van der Waals surface area contributed by atoms with Crippen molar-refractivity contribution in [3.05, 3.63) is 0 Å². The molecule has 0 aliphatic carbocycles. The Balaban J connectivity index is 4.25. The molecular weight excluding hydrogens is 224 g/mol. The summed E-state index contributed by atoms with van der Waals surface area (Å²) in [7, 11) is 1.55. The van der Waals surface area contributed by atoms with Crippen molar-refractivity contribution in [2.75, 3.05) is 13.7 Å². The van der Waals surface area contributed by atoms with Crippen LogP contribution < -0.4 is 11.1 Å². The molecule has 0 spiro atoms. The van der Waals surface area contributed by atoms with Crippen LogP contribution in [0.2, 0.25) is 0 Å². The second-order valence-corrected chi connectivity index (χ2v) is 4.18. The molecule has 0 rings (SSSR count). The van der Waals surface area contributed by atoms with E-state index in [1.54, 1.807) is 21.0 Å². The second-order valence-electron chi connectivity index (χ2n) is 4.18. The maximum atomic E-state index is 11.6. The van der Waals surface area contributed by atoms with E-state index in [0.717, 1.165) is 0 Å². The normalized spacial score (nSPS) is 16.0. The number of hydrogen-bond acceptors (Lipinski definition) is 4. The molecule has 17 heavy (non-hydrogen) atoms. The summed E-state index contributed by atoms with van der Waals surface area (Å²) >= 11 is 0. The van der Waals surface area contributed by atoms with Crippen molar-refractivity contribution in [3.63, 3.8) is 0 Å². The lowest BCUT2D eigenvalue weighted by molar-refractivity contribution is -0.142. The summed E-state index contributed by atoms with van der Waals surface area (Å²) in [6.45, 7) is 3.86. The lowest BCUT2D eigenvalue weighted by atomic mass is 10.0. The van der Waals surface area contributed by atoms with Gasteiger partial charge in [0.15, 0.2) is 0 Å². The molecule has 0 heterocycles. The molecule has 0 radical (unpaired) electrons. The number of carbonyl (C=O) groups excluding carboxylic acids is 1. The predicted octanol–water partition coefficient (Wildman–Crippen LogP) is -0.0343. The summed E-state index contributed by atoms with van der Waals surface area (Å²) in [6.07, 6.45) is 0.931. The number of hydrogen-bond donors (Lipinski definition) is 3. The van der Waals surface area contributed by atoms with Gasteiger partial charge in [-0.2, -0.15) is 0 Å². The molecule has 0 aromatic rings. The van der Waals surface area contributed by atoms with E-state index in [0.29, 0.717) is 19.4 Å². The third-order valence-electron chi connectivity index (χ3n) is 2.66. The van der Waals surface area contributed by atoms with Crippen LogP contribution in [0.15, 0.2) is 0 Å². The molecule has 3 atom stereocenters. The molecule has 6 heteroatoms. The number of methoxy groups -OCH3 is 1. The van der Waals surface area contributed by atoms with Crippen molar-refractivity contribution in [2.45, 2.75) is 38.8 Å². The van der Waals surface area contributed by atoms with Crippen molar-refractivity contribution in [1.82, 2.24) is 5.32 Å². The second kappa shape index (κ2) is 8.03. The molecule has 0 aliphatic heterocycles. The quantitative estimate of drug-likeness (QED) is 0.522. The molecule has 0 aromatic carbocycles. The highest BCUT2D eigenvalue weighted by atomic mass is 16.5. The van der Waals surface area contributed by atoms with Gasteiger partial charge in [0.25, 0.3) is 0 Å². The fourth-order valence-corrected chi connectivity index (χ4v) is 1.23. The van der Waals surface area contributed by atoms with Crippen LogP contribution in [-0.2, 0) is 14.3 Å². The van der Waals surface area contributed by atoms with Crippen molar-refractivity contribution in [3.8, 4) is 0 Å². The van der Waals surface area contributed by atoms with Crippen molar-refractivity contribution in [1.29, 1.82) is 0 Å². The van der Waals surface area contributed by atoms with Gasteiger partial charge in [0.05, 0.1) is 0 Å². The highest BCUT2D eigenvalue weighted by molar-refractivity contribution is 5.85. The third kappa shape index (κ3) is 6.23. The van der Waals surface area contributed by atoms with Crippen LogP contribution in [0.1, 0.15) is 26.7 Å². The summed E-state index contributed by atoms with van der Waals surface area (Å²) in [5, 5.41) is 11.4. The highest BCUT2D eigenvalue weighted by Crippen LogP contribution is 2.03. The first-order chi connectivity index (χ1) is 7.90. The van der Waals surface area contributed by atoms with Crippen molar-refractivity contribution >= 4 is 11.9 Å². The number of ether oxygens (including phenoxy) is 1. The Morgan fingerprint density at radius 3 is 2.41 bits per heavy atom. The molecule has 0 fully saturated rings. The summed E-state index contributed by atoms with van der Waals surface area (Å²) in [5.74, 6) is -1.77. The van der Waals surface area contributed by atoms with Gasteiger partial charge in [0.2, 0.25) is 5.91 Å². The molecule has 0 bridgehead atoms. The summed E-state index contributed by atoms with van der Waals surface area (Å²) in [4.78, 5) is 22.6. The Morgan fingerprint density at radius 2 is 2.00 bits per heavy atom. The molecule has 0 aliphatic rings. The van der Waals surface area contributed by atoms with Gasteiger partial charge in [-0.25, -0.2) is 4.79 Å². The standard InChI is InChI=1S/C11H22N2O4/c1-7(8(2)12)10(14)13-9(11(15)16)5-4-6-17-3/h7-9H,4-6,12H2,1-3H3,(H,13,14)(H,15,16). The van der Waals surface area contributed by atoms with Gasteiger partial charge >= 0.3 is 5.97 Å². The Labute approximate surface area is 102 Å². The Kier molecular flexibility index (Phi) is 7.49. The van der Waals surface area contributed by atoms with Gasteiger partial charge in [0.1, 0.15) is 6.04 Å². The van der Waals surface area contributed by atoms with E-state index in [1.165, 1.54) is 0 Å². The topological polar surface area (TPSA) is 102 Å². The molecule has 0 saturated carbocycles. The number of nitrogens with two attached hydrogens (primary N) is 1. The average Bonchev–Trinajstić information content (AvgIpc) is 2.26. The first kappa shape index (κ1) is 15.9. The van der Waals surface area contributed by atoms with Gasteiger partial charge in [0, 0.05) is 25.7 Å². The lowest BCUT2D eigenvalue weighted by Gasteiger charge is -2.19. The van der Waals surface area contributed by atoms with E-state index in [4.69, 9.17) is 15.6 Å². The highest BCUT2D eigenvalue weighted by Gasteiger charge is 2.24. The number of carbonyl (C=O) groups is 2. The van der Waals surface area contributed by atoms with E-state index in [9.17, 15) is 9.59 Å². The zero-order valence-electron chi connectivity index (χ0n) is 10.6. The van der Waals surface area contributed by atoms with Crippen LogP contribution >= 0.6 is 0 Å². The van der Waals surface area contributed by atoms with Gasteiger partial charge < -0.3 is 20.9 Å². The van der Waals surface area contributed by atoms with Crippen molar-refractivity contribution in [2.24, 2.45) is 11.7 Å². The van der Waals surface area contributed by atoms with Crippen LogP contribution in [0, 0.1) is 5.92 Å². The lowest BCUT2D eigenvalue weighted by Crippen LogP contribution is -2.46. The molecule has 100 valence electrons. The largest absolute Gasteiger partial charge is 0.480 e. The summed E-state index contributed by atoms with van der Waals surface area (Å²) in [5.41, 5.74) is 5.58. The first-order valence-electron chi connectivity index (χ1n) is 5.67. The van der Waals surface area contributed by atoms with E-state index >= 15 is 0 Å². The number of carboxylic acids is 1. The fourth-order valence-electron chi connectivity index (χ4n) is 1.23. The maximum absolute atomic E-state index is 11.6. The monoisotopic (exact) mass is 246 g/mol. The molecule has 4 N–H and O–H groups in total. The number of carboxylic acid groups (broad SMARTS) is 1. The number of amides is 1. The van der Waals surface area contributed by atoms with Crippen LogP contribution in [0.5, 0.6) is 0 Å². The molecule has 6 nitrogen and oxygen atoms in total. The van der Waals surface area contributed by atoms with Crippen LogP contribution in [0.3, 0.4) is 0 Å². The SMILES string of the molecule is COCCCC(NC(=O)C(C)C(C)N)C(=O)O. The minimum absolute atomic E-state index is 0.302. The van der Waals surface area contributed by atoms with Crippen LogP contribution in [-0.4, -0.2) is 42.8 Å². The minimum Gasteiger partial charge on any atom is -0.480 e. The van der Waals surface area contributed by atoms with Gasteiger partial charge in [-0.05, 0) is 19.8 Å². The zero-order chi connectivity index (χ0) is 13.4. The maximum Gasteiger partial charge on any atom is 0.326 e. The van der Waals surface area contributed by atoms with E-state index in [1.807, 2.05) is 0 Å². The van der Waals surface area contributed by atoms with E-state index < -0.39 is 17.9 Å². The average molecular weight is 246 g/mol. The molecule has 1 amide bonds. The fraction of sp³-hybridized carbons (Fsp3) is 0.818. The summed E-state index contributed by atoms with van der Waals surface area (Å²) < 4.78 is 4.84. The molecule has 3 unspecified atom stereocenters. The first-order valence-corrected chi connectivity index (χ1v) is 5.67. The Morgan fingerprint density at radius 1 is 1.41 bits per heavy atom. The van der Waals surface area contributed by atoms with Gasteiger partial charge in [-0.15, -0.1) is 0 Å². The third-order valence-corrected chi connectivity index (χ3v) is 2.66. The molecule has 0 aromatic heterocycles. The molecule has 0 saturated heterocycles. The van der Waals surface area contributed by atoms with Gasteiger partial charge in [-0.3, -0.25) is 4.79 Å². The zero-order valence-corrected chi connectivity index (χ0v) is 10.6. The van der Waals surface area contributed by atoms with Crippen molar-refractivity contribution < 1.29 is 19.4 Å². The molecular formula is C11H22N2O4. The Hall–Kier alpha value is -1.14. The predicted molar refractivity (Wildman–Crippen MR) is 63.5 cm³/mol. The van der Waals surface area contributed by atoms with Crippen LogP contribution in [0.4, 0.5) is 0 Å². The number of rotatable bonds is 8. The van der Waals surface area contributed by atoms with Crippen LogP contribution in [0.25, 0.3) is 0 Å². The smallest absolute Gasteiger partial charge is 0.326 e. The number of nitrogens with one attached hydrogen (secondary N) is 1. The Bertz CT molecular complexity index is 256. The van der Waals surface area contributed by atoms with E-state index in [-0.39, 0.29) is 11.9 Å². The van der Waals surface area contributed by atoms with Gasteiger partial charge in [-0.1, -0.05) is 6.92 Å². The van der Waals surface area contributed by atoms with E-state index in [2.05, 4.69) is 5.32 Å². The minimum atomic E-state index is -1.04.